The zero-order valence-electron chi connectivity index (χ0n) is 10.4. The number of nitrogens with zero attached hydrogens (tertiary/aromatic N) is 3. The van der Waals surface area contributed by atoms with Crippen LogP contribution >= 0.6 is 0 Å². The zero-order valence-corrected chi connectivity index (χ0v) is 10.4. The highest BCUT2D eigenvalue weighted by molar-refractivity contribution is 5.24. The smallest absolute Gasteiger partial charge is 0.222 e. The Morgan fingerprint density at radius 1 is 1.29 bits per heavy atom. The summed E-state index contributed by atoms with van der Waals surface area (Å²) in [5, 5.41) is 3.21. The molecule has 1 aliphatic rings. The molecule has 94 valence electrons. The van der Waals surface area contributed by atoms with Crippen molar-refractivity contribution in [1.82, 2.24) is 14.9 Å². The van der Waals surface area contributed by atoms with Crippen molar-refractivity contribution in [2.45, 2.75) is 31.2 Å². The minimum Gasteiger partial charge on any atom is -0.352 e. The Morgan fingerprint density at radius 3 is 2.41 bits per heavy atom. The summed E-state index contributed by atoms with van der Waals surface area (Å²) in [6.45, 7) is 0.811. The average molecular weight is 238 g/mol. The van der Waals surface area contributed by atoms with Crippen LogP contribution < -0.4 is 5.32 Å². The second-order valence-electron chi connectivity index (χ2n) is 4.90. The molecular formula is C12H19FN4. The summed E-state index contributed by atoms with van der Waals surface area (Å²) in [6, 6.07) is 0. The zero-order chi connectivity index (χ0) is 12.3. The quantitative estimate of drug-likeness (QED) is 0.870. The van der Waals surface area contributed by atoms with E-state index >= 15 is 0 Å². The van der Waals surface area contributed by atoms with Gasteiger partial charge < -0.3 is 10.2 Å². The molecule has 0 aromatic carbocycles. The largest absolute Gasteiger partial charge is 0.352 e. The number of rotatable bonds is 4. The molecule has 0 saturated heterocycles. The van der Waals surface area contributed by atoms with Gasteiger partial charge in [-0.05, 0) is 26.9 Å². The van der Waals surface area contributed by atoms with E-state index in [1.54, 1.807) is 0 Å². The van der Waals surface area contributed by atoms with Crippen LogP contribution in [0.5, 0.6) is 0 Å². The number of anilines is 1. The highest BCUT2D eigenvalue weighted by Crippen LogP contribution is 2.33. The van der Waals surface area contributed by atoms with E-state index in [9.17, 15) is 4.39 Å². The van der Waals surface area contributed by atoms with E-state index in [4.69, 9.17) is 0 Å². The fourth-order valence-corrected chi connectivity index (χ4v) is 2.46. The van der Waals surface area contributed by atoms with Crippen LogP contribution in [0.4, 0.5) is 10.3 Å². The summed E-state index contributed by atoms with van der Waals surface area (Å²) in [5.74, 6) is 0.0956. The Bertz CT molecular complexity index is 357. The Balaban J connectivity index is 1.98. The molecular weight excluding hydrogens is 219 g/mol. The Kier molecular flexibility index (Phi) is 3.57. The maximum atomic E-state index is 12.7. The molecule has 0 amide bonds. The molecule has 1 heterocycles. The van der Waals surface area contributed by atoms with Crippen LogP contribution in [-0.2, 0) is 0 Å². The van der Waals surface area contributed by atoms with Crippen molar-refractivity contribution >= 4 is 5.95 Å². The van der Waals surface area contributed by atoms with E-state index in [1.165, 1.54) is 38.1 Å². The summed E-state index contributed by atoms with van der Waals surface area (Å²) in [7, 11) is 4.22. The summed E-state index contributed by atoms with van der Waals surface area (Å²) in [4.78, 5) is 10.1. The molecule has 0 unspecified atom stereocenters. The molecule has 1 aromatic rings. The van der Waals surface area contributed by atoms with Crippen LogP contribution in [0.25, 0.3) is 0 Å². The molecule has 4 nitrogen and oxygen atoms in total. The summed E-state index contributed by atoms with van der Waals surface area (Å²) in [6.07, 6.45) is 7.29. The molecule has 0 atom stereocenters. The number of aromatic nitrogens is 2. The van der Waals surface area contributed by atoms with Gasteiger partial charge in [-0.2, -0.15) is 0 Å². The minimum atomic E-state index is -0.404. The van der Waals surface area contributed by atoms with E-state index in [0.717, 1.165) is 6.54 Å². The topological polar surface area (TPSA) is 41.0 Å². The van der Waals surface area contributed by atoms with Crippen molar-refractivity contribution in [2.75, 3.05) is 26.0 Å². The maximum absolute atomic E-state index is 12.7. The van der Waals surface area contributed by atoms with Gasteiger partial charge in [0.1, 0.15) is 0 Å². The first kappa shape index (κ1) is 12.2. The third-order valence-corrected chi connectivity index (χ3v) is 3.68. The number of likely N-dealkylation sites (N-methyl/N-ethyl adjacent to an activating group) is 1. The lowest BCUT2D eigenvalue weighted by Crippen LogP contribution is -2.47. The van der Waals surface area contributed by atoms with Gasteiger partial charge in [0.2, 0.25) is 5.95 Å². The Morgan fingerprint density at radius 2 is 1.88 bits per heavy atom. The second kappa shape index (κ2) is 4.96. The van der Waals surface area contributed by atoms with Crippen LogP contribution in [0.15, 0.2) is 12.4 Å². The Labute approximate surface area is 101 Å². The monoisotopic (exact) mass is 238 g/mol. The highest BCUT2D eigenvalue weighted by Gasteiger charge is 2.35. The van der Waals surface area contributed by atoms with E-state index in [2.05, 4.69) is 34.3 Å². The highest BCUT2D eigenvalue weighted by atomic mass is 19.1. The third-order valence-electron chi connectivity index (χ3n) is 3.68. The lowest BCUT2D eigenvalue weighted by Gasteiger charge is -2.36. The first-order valence-electron chi connectivity index (χ1n) is 6.01. The van der Waals surface area contributed by atoms with Gasteiger partial charge in [0.25, 0.3) is 0 Å². The molecule has 17 heavy (non-hydrogen) atoms. The fraction of sp³-hybridized carbons (Fsp3) is 0.667. The predicted molar refractivity (Wildman–Crippen MR) is 65.4 cm³/mol. The van der Waals surface area contributed by atoms with E-state index in [1.807, 2.05) is 0 Å². The molecule has 1 aromatic heterocycles. The van der Waals surface area contributed by atoms with E-state index in [-0.39, 0.29) is 5.54 Å². The minimum absolute atomic E-state index is 0.192. The Hall–Kier alpha value is -1.23. The maximum Gasteiger partial charge on any atom is 0.222 e. The van der Waals surface area contributed by atoms with Crippen molar-refractivity contribution in [1.29, 1.82) is 0 Å². The first-order chi connectivity index (χ1) is 8.12. The van der Waals surface area contributed by atoms with Crippen molar-refractivity contribution in [3.05, 3.63) is 18.2 Å². The molecule has 0 aliphatic heterocycles. The SMILES string of the molecule is CN(C)C1(CNc2ncc(F)cn2)CCCC1. The van der Waals surface area contributed by atoms with E-state index < -0.39 is 5.82 Å². The second-order valence-corrected chi connectivity index (χ2v) is 4.90. The van der Waals surface area contributed by atoms with Gasteiger partial charge >= 0.3 is 0 Å². The lowest BCUT2D eigenvalue weighted by atomic mass is 9.96. The molecule has 2 rings (SSSR count). The van der Waals surface area contributed by atoms with Crippen LogP contribution in [0, 0.1) is 5.82 Å². The van der Waals surface area contributed by atoms with Crippen LogP contribution in [-0.4, -0.2) is 41.0 Å². The summed E-state index contributed by atoms with van der Waals surface area (Å²) in [5.41, 5.74) is 0.192. The fourth-order valence-electron chi connectivity index (χ4n) is 2.46. The molecule has 0 bridgehead atoms. The van der Waals surface area contributed by atoms with Crippen molar-refractivity contribution in [3.63, 3.8) is 0 Å². The molecule has 0 spiro atoms. The van der Waals surface area contributed by atoms with Gasteiger partial charge in [-0.25, -0.2) is 14.4 Å². The third kappa shape index (κ3) is 2.72. The number of nitrogens with one attached hydrogen (secondary N) is 1. The van der Waals surface area contributed by atoms with Crippen molar-refractivity contribution in [3.8, 4) is 0 Å². The molecule has 5 heteroatoms. The van der Waals surface area contributed by atoms with Gasteiger partial charge in [0, 0.05) is 12.1 Å². The number of hydrogen-bond donors (Lipinski definition) is 1. The van der Waals surface area contributed by atoms with E-state index in [0.29, 0.717) is 5.95 Å². The van der Waals surface area contributed by atoms with Crippen molar-refractivity contribution in [2.24, 2.45) is 0 Å². The van der Waals surface area contributed by atoms with Gasteiger partial charge in [-0.1, -0.05) is 12.8 Å². The summed E-state index contributed by atoms with van der Waals surface area (Å²) < 4.78 is 12.7. The number of hydrogen-bond acceptors (Lipinski definition) is 4. The van der Waals surface area contributed by atoms with Gasteiger partial charge in [-0.15, -0.1) is 0 Å². The molecule has 1 fully saturated rings. The first-order valence-corrected chi connectivity index (χ1v) is 6.01. The molecule has 0 radical (unpaired) electrons. The molecule has 1 aliphatic carbocycles. The van der Waals surface area contributed by atoms with Crippen LogP contribution in [0.1, 0.15) is 25.7 Å². The van der Waals surface area contributed by atoms with Crippen LogP contribution in [0.3, 0.4) is 0 Å². The summed E-state index contributed by atoms with van der Waals surface area (Å²) >= 11 is 0. The van der Waals surface area contributed by atoms with Gasteiger partial charge in [0.15, 0.2) is 5.82 Å². The molecule has 1 N–H and O–H groups in total. The lowest BCUT2D eigenvalue weighted by molar-refractivity contribution is 0.172. The van der Waals surface area contributed by atoms with Gasteiger partial charge in [-0.3, -0.25) is 0 Å². The van der Waals surface area contributed by atoms with Crippen LogP contribution in [0.2, 0.25) is 0 Å². The normalized spacial score (nSPS) is 18.6. The number of halogens is 1. The van der Waals surface area contributed by atoms with Crippen molar-refractivity contribution < 1.29 is 4.39 Å². The average Bonchev–Trinajstić information content (AvgIpc) is 2.78. The standard InChI is InChI=1S/C12H19FN4/c1-17(2)12(5-3-4-6-12)9-16-11-14-7-10(13)8-15-11/h7-8H,3-6,9H2,1-2H3,(H,14,15,16). The molecule has 1 saturated carbocycles. The predicted octanol–water partition coefficient (Wildman–Crippen LogP) is 1.90. The van der Waals surface area contributed by atoms with Gasteiger partial charge in [0.05, 0.1) is 12.4 Å².